The zero-order valence-corrected chi connectivity index (χ0v) is 20.5. The van der Waals surface area contributed by atoms with Crippen LogP contribution in [-0.2, 0) is 20.0 Å². The van der Waals surface area contributed by atoms with Crippen molar-refractivity contribution in [3.63, 3.8) is 0 Å². The van der Waals surface area contributed by atoms with Crippen LogP contribution in [0.15, 0.2) is 36.4 Å². The molecule has 0 spiro atoms. The molecule has 0 saturated heterocycles. The van der Waals surface area contributed by atoms with E-state index in [1.54, 1.807) is 6.92 Å². The lowest BCUT2D eigenvalue weighted by atomic mass is 9.98. The van der Waals surface area contributed by atoms with E-state index in [9.17, 15) is 4.57 Å². The summed E-state index contributed by atoms with van der Waals surface area (Å²) in [5, 5.41) is 0. The van der Waals surface area contributed by atoms with Gasteiger partial charge in [-0.1, -0.05) is 43.2 Å². The summed E-state index contributed by atoms with van der Waals surface area (Å²) < 4.78 is 36.0. The van der Waals surface area contributed by atoms with Crippen molar-refractivity contribution in [3.8, 4) is 22.6 Å². The Morgan fingerprint density at radius 1 is 1.03 bits per heavy atom. The van der Waals surface area contributed by atoms with Gasteiger partial charge in [-0.25, -0.2) is 4.57 Å². The van der Waals surface area contributed by atoms with Crippen LogP contribution < -0.4 is 9.05 Å². The second kappa shape index (κ2) is 12.4. The van der Waals surface area contributed by atoms with E-state index in [0.717, 1.165) is 35.1 Å². The van der Waals surface area contributed by atoms with Crippen LogP contribution in [0.5, 0.6) is 11.5 Å². The second-order valence-corrected chi connectivity index (χ2v) is 10.1. The number of hydrogen-bond donors (Lipinski definition) is 0. The fourth-order valence-electron chi connectivity index (χ4n) is 3.09. The van der Waals surface area contributed by atoms with E-state index in [4.69, 9.17) is 18.1 Å². The maximum atomic E-state index is 12.8. The first-order valence-electron chi connectivity index (χ1n) is 9.99. The van der Waals surface area contributed by atoms with Crippen molar-refractivity contribution in [3.05, 3.63) is 47.5 Å². The van der Waals surface area contributed by atoms with E-state index in [1.807, 2.05) is 50.8 Å². The highest BCUT2D eigenvalue weighted by atomic mass is 31.2. The molecule has 2 aromatic carbocycles. The van der Waals surface area contributed by atoms with Crippen LogP contribution in [0.3, 0.4) is 0 Å². The Hall–Kier alpha value is -1.42. The zero-order valence-electron chi connectivity index (χ0n) is 18.7. The fraction of sp³-hybridized carbons (Fsp3) is 0.455. The van der Waals surface area contributed by atoms with Crippen LogP contribution in [-0.4, -0.2) is 32.0 Å². The van der Waals surface area contributed by atoms with Gasteiger partial charge < -0.3 is 23.6 Å². The molecule has 168 valence electrons. The van der Waals surface area contributed by atoms with Gasteiger partial charge in [0.2, 0.25) is 8.38 Å². The molecule has 0 aromatic heterocycles. The molecule has 0 bridgehead atoms. The minimum absolute atomic E-state index is 0. The molecule has 6 nitrogen and oxygen atoms in total. The van der Waals surface area contributed by atoms with Gasteiger partial charge in [0, 0.05) is 13.3 Å². The lowest BCUT2D eigenvalue weighted by Crippen LogP contribution is -2.01. The first-order valence-corrected chi connectivity index (χ1v) is 13.6. The smallest absolute Gasteiger partial charge is 0.376 e. The standard InChI is InChI=1S/C22H32O5P2.H2O/c1-7-11-18-15-20(26-28(5)24-8-2)22(19-13-10-12-17(4)14-19)21(16-18)27-29(6,23)25-9-3;/h10,12-16H,7-9,11H2,1-6H3;1H2. The van der Waals surface area contributed by atoms with E-state index in [0.29, 0.717) is 24.7 Å². The largest absolute Gasteiger partial charge is 0.447 e. The first kappa shape index (κ1) is 26.6. The molecule has 30 heavy (non-hydrogen) atoms. The molecule has 2 unspecified atom stereocenters. The summed E-state index contributed by atoms with van der Waals surface area (Å²) in [4.78, 5) is 0. The summed E-state index contributed by atoms with van der Waals surface area (Å²) in [6.45, 7) is 12.2. The predicted molar refractivity (Wildman–Crippen MR) is 125 cm³/mol. The summed E-state index contributed by atoms with van der Waals surface area (Å²) in [7, 11) is -4.36. The Morgan fingerprint density at radius 3 is 2.33 bits per heavy atom. The molecule has 0 aliphatic heterocycles. The summed E-state index contributed by atoms with van der Waals surface area (Å²) >= 11 is 0. The molecule has 2 rings (SSSR count). The molecule has 0 aliphatic carbocycles. The highest BCUT2D eigenvalue weighted by Gasteiger charge is 2.24. The van der Waals surface area contributed by atoms with Gasteiger partial charge in [0.25, 0.3) is 0 Å². The van der Waals surface area contributed by atoms with E-state index in [-0.39, 0.29) is 5.48 Å². The van der Waals surface area contributed by atoms with Crippen LogP contribution >= 0.6 is 16.0 Å². The van der Waals surface area contributed by atoms with E-state index in [2.05, 4.69) is 13.0 Å². The van der Waals surface area contributed by atoms with Gasteiger partial charge >= 0.3 is 7.60 Å². The van der Waals surface area contributed by atoms with Gasteiger partial charge in [-0.2, -0.15) is 0 Å². The Kier molecular flexibility index (Phi) is 11.0. The highest BCUT2D eigenvalue weighted by molar-refractivity contribution is 7.53. The lowest BCUT2D eigenvalue weighted by molar-refractivity contribution is 0.284. The van der Waals surface area contributed by atoms with Crippen molar-refractivity contribution in [2.75, 3.05) is 26.5 Å². The number of rotatable bonds is 11. The van der Waals surface area contributed by atoms with Gasteiger partial charge in [-0.15, -0.1) is 0 Å². The van der Waals surface area contributed by atoms with Crippen LogP contribution in [0, 0.1) is 6.92 Å². The second-order valence-electron chi connectivity index (χ2n) is 6.82. The predicted octanol–water partition coefficient (Wildman–Crippen LogP) is 6.39. The highest BCUT2D eigenvalue weighted by Crippen LogP contribution is 2.51. The van der Waals surface area contributed by atoms with Crippen LogP contribution in [0.1, 0.15) is 38.3 Å². The molecule has 0 aliphatic rings. The van der Waals surface area contributed by atoms with Crippen LogP contribution in [0.25, 0.3) is 11.1 Å². The third-order valence-corrected chi connectivity index (χ3v) is 6.47. The molecular formula is C22H34O6P2. The van der Waals surface area contributed by atoms with Gasteiger partial charge in [-0.3, -0.25) is 0 Å². The zero-order chi connectivity index (χ0) is 21.4. The Morgan fingerprint density at radius 2 is 1.73 bits per heavy atom. The van der Waals surface area contributed by atoms with Crippen molar-refractivity contribution in [1.82, 2.24) is 0 Å². The van der Waals surface area contributed by atoms with Crippen LogP contribution in [0.2, 0.25) is 0 Å². The number of benzene rings is 2. The quantitative estimate of drug-likeness (QED) is 0.366. The molecule has 0 amide bonds. The van der Waals surface area contributed by atoms with E-state index < -0.39 is 16.0 Å². The topological polar surface area (TPSA) is 85.5 Å². The molecule has 2 aromatic rings. The van der Waals surface area contributed by atoms with Crippen molar-refractivity contribution < 1.29 is 28.1 Å². The van der Waals surface area contributed by atoms with Crippen molar-refractivity contribution >= 4 is 16.0 Å². The SMILES string of the molecule is CCCc1cc(OP(C)OCC)c(-c2cccc(C)c2)c(OP(C)(=O)OCC)c1.O. The minimum atomic E-state index is -3.26. The molecule has 0 fully saturated rings. The van der Waals surface area contributed by atoms with Gasteiger partial charge in [-0.05, 0) is 50.5 Å². The summed E-state index contributed by atoms with van der Waals surface area (Å²) in [6, 6.07) is 12.1. The Bertz CT molecular complexity index is 856. The molecular weight excluding hydrogens is 422 g/mol. The average molecular weight is 456 g/mol. The molecule has 0 saturated carbocycles. The molecule has 2 N–H and O–H groups in total. The third-order valence-electron chi connectivity index (χ3n) is 4.14. The minimum Gasteiger partial charge on any atom is -0.447 e. The number of aryl methyl sites for hydroxylation is 2. The van der Waals surface area contributed by atoms with Gasteiger partial charge in [0.1, 0.15) is 11.5 Å². The lowest BCUT2D eigenvalue weighted by Gasteiger charge is -2.22. The molecule has 2 atom stereocenters. The summed E-state index contributed by atoms with van der Waals surface area (Å²) in [5.74, 6) is 1.19. The molecule has 0 radical (unpaired) electrons. The monoisotopic (exact) mass is 456 g/mol. The Balaban J connectivity index is 0.00000450. The fourth-order valence-corrected chi connectivity index (χ4v) is 4.95. The van der Waals surface area contributed by atoms with Gasteiger partial charge in [0.05, 0.1) is 18.8 Å². The number of hydrogen-bond acceptors (Lipinski definition) is 5. The maximum absolute atomic E-state index is 12.8. The first-order chi connectivity index (χ1) is 13.8. The van der Waals surface area contributed by atoms with Gasteiger partial charge in [0.15, 0.2) is 0 Å². The summed E-state index contributed by atoms with van der Waals surface area (Å²) in [6.07, 6.45) is 1.84. The van der Waals surface area contributed by atoms with Crippen LogP contribution in [0.4, 0.5) is 0 Å². The normalized spacial score (nSPS) is 13.8. The van der Waals surface area contributed by atoms with Crippen molar-refractivity contribution in [2.24, 2.45) is 0 Å². The van der Waals surface area contributed by atoms with Crippen molar-refractivity contribution in [1.29, 1.82) is 0 Å². The third kappa shape index (κ3) is 7.68. The average Bonchev–Trinajstić information content (AvgIpc) is 2.61. The van der Waals surface area contributed by atoms with Crippen molar-refractivity contribution in [2.45, 2.75) is 40.5 Å². The molecule has 8 heteroatoms. The van der Waals surface area contributed by atoms with E-state index in [1.165, 1.54) is 6.66 Å². The maximum Gasteiger partial charge on any atom is 0.376 e. The molecule has 0 heterocycles. The van der Waals surface area contributed by atoms with E-state index >= 15 is 0 Å². The Labute approximate surface area is 181 Å². The summed E-state index contributed by atoms with van der Waals surface area (Å²) in [5.41, 5.74) is 3.88.